The maximum Gasteiger partial charge on any atom is 0.160 e. The molecule has 1 atom stereocenters. The van der Waals surface area contributed by atoms with E-state index in [9.17, 15) is 4.79 Å². The first-order valence-electron chi connectivity index (χ1n) is 7.38. The molecule has 5 heteroatoms. The lowest BCUT2D eigenvalue weighted by Crippen LogP contribution is -2.28. The predicted octanol–water partition coefficient (Wildman–Crippen LogP) is 2.99. The molecule has 0 saturated heterocycles. The number of hydrogen-bond donors (Lipinski definition) is 1. The summed E-state index contributed by atoms with van der Waals surface area (Å²) in [5.41, 5.74) is 0.976. The standard InChI is InChI=1S/C15H16ClNO3/c1-9(18)11-5-4-10(16)6-12(11)13-7-15(20-3)17-8-14(13)19-2/h4-8,15,17H,1-3H3/i1D3. The number of halogens is 1. The monoisotopic (exact) mass is 296 g/mol. The Morgan fingerprint density at radius 2 is 2.25 bits per heavy atom. The normalized spacial score (nSPS) is 20.8. The summed E-state index contributed by atoms with van der Waals surface area (Å²) in [7, 11) is 2.99. The van der Waals surface area contributed by atoms with Gasteiger partial charge in [0.25, 0.3) is 0 Å². The molecule has 1 aromatic rings. The topological polar surface area (TPSA) is 47.6 Å². The highest BCUT2D eigenvalue weighted by atomic mass is 35.5. The zero-order valence-corrected chi connectivity index (χ0v) is 11.8. The van der Waals surface area contributed by atoms with Crippen molar-refractivity contribution in [3.63, 3.8) is 0 Å². The summed E-state index contributed by atoms with van der Waals surface area (Å²) in [5.74, 6) is -0.506. The number of dihydropyridines is 1. The van der Waals surface area contributed by atoms with Crippen LogP contribution in [0.1, 0.15) is 26.9 Å². The molecule has 1 aromatic carbocycles. The lowest BCUT2D eigenvalue weighted by atomic mass is 9.94. The van der Waals surface area contributed by atoms with Crippen LogP contribution in [-0.4, -0.2) is 26.2 Å². The van der Waals surface area contributed by atoms with Crippen LogP contribution in [0.4, 0.5) is 0 Å². The van der Waals surface area contributed by atoms with Crippen LogP contribution in [0.3, 0.4) is 0 Å². The van der Waals surface area contributed by atoms with Gasteiger partial charge < -0.3 is 14.8 Å². The van der Waals surface area contributed by atoms with E-state index < -0.39 is 18.9 Å². The van der Waals surface area contributed by atoms with Crippen molar-refractivity contribution in [2.24, 2.45) is 0 Å². The molecule has 1 aliphatic heterocycles. The van der Waals surface area contributed by atoms with Gasteiger partial charge in [-0.1, -0.05) is 11.6 Å². The fraction of sp³-hybridized carbons (Fsp3) is 0.267. The Morgan fingerprint density at radius 1 is 1.45 bits per heavy atom. The van der Waals surface area contributed by atoms with Gasteiger partial charge in [-0.2, -0.15) is 0 Å². The SMILES string of the molecule is [2H]C([2H])([2H])C(=O)c1ccc(Cl)cc1C1=CC(OC)NC=C1OC. The number of methoxy groups -OCH3 is 2. The van der Waals surface area contributed by atoms with E-state index in [1.165, 1.54) is 32.4 Å². The molecule has 20 heavy (non-hydrogen) atoms. The summed E-state index contributed by atoms with van der Waals surface area (Å²) in [6.45, 7) is -2.74. The molecule has 1 aliphatic rings. The molecule has 0 amide bonds. The van der Waals surface area contributed by atoms with Gasteiger partial charge in [0.1, 0.15) is 12.0 Å². The highest BCUT2D eigenvalue weighted by molar-refractivity contribution is 6.31. The Bertz CT molecular complexity index is 683. The van der Waals surface area contributed by atoms with Crippen molar-refractivity contribution in [3.05, 3.63) is 52.4 Å². The van der Waals surface area contributed by atoms with Crippen molar-refractivity contribution >= 4 is 23.0 Å². The lowest BCUT2D eigenvalue weighted by Gasteiger charge is -2.23. The Morgan fingerprint density at radius 3 is 2.90 bits per heavy atom. The number of benzene rings is 1. The summed E-state index contributed by atoms with van der Waals surface area (Å²) in [6.07, 6.45) is 2.85. The average molecular weight is 297 g/mol. The van der Waals surface area contributed by atoms with Crippen LogP contribution in [0.25, 0.3) is 5.57 Å². The highest BCUT2D eigenvalue weighted by Crippen LogP contribution is 2.31. The molecule has 0 fully saturated rings. The maximum absolute atomic E-state index is 12.2. The molecule has 106 valence electrons. The number of ether oxygens (including phenoxy) is 2. The Labute approximate surface area is 127 Å². The second-order valence-electron chi connectivity index (χ2n) is 4.14. The summed E-state index contributed by atoms with van der Waals surface area (Å²) in [5, 5.41) is 3.33. The molecule has 0 aliphatic carbocycles. The van der Waals surface area contributed by atoms with E-state index in [4.69, 9.17) is 25.2 Å². The lowest BCUT2D eigenvalue weighted by molar-refractivity contribution is 0.101. The van der Waals surface area contributed by atoms with Gasteiger partial charge in [0.05, 0.1) is 7.11 Å². The quantitative estimate of drug-likeness (QED) is 0.868. The highest BCUT2D eigenvalue weighted by Gasteiger charge is 2.21. The number of carbonyl (C=O) groups is 1. The van der Waals surface area contributed by atoms with Gasteiger partial charge in [0, 0.05) is 33.6 Å². The van der Waals surface area contributed by atoms with E-state index in [0.717, 1.165) is 0 Å². The summed E-state index contributed by atoms with van der Waals surface area (Å²) < 4.78 is 32.6. The van der Waals surface area contributed by atoms with Crippen LogP contribution in [0.15, 0.2) is 36.2 Å². The largest absolute Gasteiger partial charge is 0.495 e. The van der Waals surface area contributed by atoms with E-state index in [1.54, 1.807) is 12.3 Å². The molecule has 2 rings (SSSR count). The smallest absolute Gasteiger partial charge is 0.160 e. The van der Waals surface area contributed by atoms with Gasteiger partial charge in [-0.3, -0.25) is 4.79 Å². The minimum Gasteiger partial charge on any atom is -0.495 e. The molecule has 4 nitrogen and oxygen atoms in total. The second-order valence-corrected chi connectivity index (χ2v) is 4.57. The number of hydrogen-bond acceptors (Lipinski definition) is 4. The molecule has 0 aromatic heterocycles. The third kappa shape index (κ3) is 2.86. The molecule has 1 unspecified atom stereocenters. The van der Waals surface area contributed by atoms with Gasteiger partial charge >= 0.3 is 0 Å². The zero-order valence-electron chi connectivity index (χ0n) is 14.1. The molecule has 1 N–H and O–H groups in total. The van der Waals surface area contributed by atoms with Gasteiger partial charge in [0.15, 0.2) is 5.78 Å². The van der Waals surface area contributed by atoms with Crippen molar-refractivity contribution < 1.29 is 18.4 Å². The van der Waals surface area contributed by atoms with E-state index in [0.29, 0.717) is 21.9 Å². The first-order valence-corrected chi connectivity index (χ1v) is 6.25. The first-order chi connectivity index (χ1) is 10.8. The number of ketones is 1. The number of Topliss-reactive ketones (excluding diaryl/α,β-unsaturated/α-hetero) is 1. The number of rotatable bonds is 4. The van der Waals surface area contributed by atoms with Gasteiger partial charge in [0.2, 0.25) is 0 Å². The van der Waals surface area contributed by atoms with Gasteiger partial charge in [-0.05, 0) is 36.7 Å². The van der Waals surface area contributed by atoms with Gasteiger partial charge in [-0.25, -0.2) is 0 Å². The minimum absolute atomic E-state index is 0.0559. The zero-order chi connectivity index (χ0) is 17.2. The molecule has 0 radical (unpaired) electrons. The number of carbonyl (C=O) groups excluding carboxylic acids is 1. The van der Waals surface area contributed by atoms with Crippen LogP contribution >= 0.6 is 11.6 Å². The Hall–Kier alpha value is -1.78. The molecule has 1 heterocycles. The fourth-order valence-corrected chi connectivity index (χ4v) is 2.15. The van der Waals surface area contributed by atoms with Crippen LogP contribution in [-0.2, 0) is 9.47 Å². The van der Waals surface area contributed by atoms with Crippen molar-refractivity contribution in [1.29, 1.82) is 0 Å². The van der Waals surface area contributed by atoms with Crippen molar-refractivity contribution in [1.82, 2.24) is 5.32 Å². The van der Waals surface area contributed by atoms with Crippen LogP contribution in [0.5, 0.6) is 0 Å². The van der Waals surface area contributed by atoms with E-state index in [-0.39, 0.29) is 5.56 Å². The van der Waals surface area contributed by atoms with Crippen LogP contribution in [0, 0.1) is 0 Å². The average Bonchev–Trinajstić information content (AvgIpc) is 2.52. The fourth-order valence-electron chi connectivity index (χ4n) is 1.98. The van der Waals surface area contributed by atoms with E-state index in [2.05, 4.69) is 5.32 Å². The molecule has 0 saturated carbocycles. The molecule has 0 spiro atoms. The van der Waals surface area contributed by atoms with Crippen LogP contribution in [0.2, 0.25) is 5.02 Å². The third-order valence-electron chi connectivity index (χ3n) is 2.95. The van der Waals surface area contributed by atoms with E-state index >= 15 is 0 Å². The van der Waals surface area contributed by atoms with E-state index in [1.807, 2.05) is 0 Å². The third-order valence-corrected chi connectivity index (χ3v) is 3.19. The molecular weight excluding hydrogens is 278 g/mol. The summed E-state index contributed by atoms with van der Waals surface area (Å²) in [4.78, 5) is 12.2. The van der Waals surface area contributed by atoms with Crippen molar-refractivity contribution in [2.75, 3.05) is 14.2 Å². The first kappa shape index (κ1) is 10.9. The second kappa shape index (κ2) is 6.11. The van der Waals surface area contributed by atoms with Crippen molar-refractivity contribution in [3.8, 4) is 0 Å². The predicted molar refractivity (Wildman–Crippen MR) is 78.5 cm³/mol. The Kier molecular flexibility index (Phi) is 3.35. The summed E-state index contributed by atoms with van der Waals surface area (Å²) >= 11 is 6.03. The van der Waals surface area contributed by atoms with Crippen molar-refractivity contribution in [2.45, 2.75) is 13.1 Å². The number of nitrogens with one attached hydrogen (secondary N) is 1. The number of allylic oxidation sites excluding steroid dienone is 1. The maximum atomic E-state index is 12.2. The summed E-state index contributed by atoms with van der Waals surface area (Å²) in [6, 6.07) is 4.43. The Balaban J connectivity index is 2.61. The molecular formula is C15H16ClNO3. The minimum atomic E-state index is -2.74. The van der Waals surface area contributed by atoms with Crippen LogP contribution < -0.4 is 5.32 Å². The van der Waals surface area contributed by atoms with Gasteiger partial charge in [-0.15, -0.1) is 0 Å². The molecule has 0 bridgehead atoms.